The van der Waals surface area contributed by atoms with Crippen molar-refractivity contribution in [3.8, 4) is 10.6 Å². The number of nitrogens with zero attached hydrogens (tertiary/aromatic N) is 4. The molecule has 8 heteroatoms. The van der Waals surface area contributed by atoms with Crippen LogP contribution in [0.15, 0.2) is 24.7 Å². The van der Waals surface area contributed by atoms with Crippen molar-refractivity contribution in [2.45, 2.75) is 70.6 Å². The van der Waals surface area contributed by atoms with Crippen LogP contribution in [0.3, 0.4) is 0 Å². The van der Waals surface area contributed by atoms with Gasteiger partial charge in [0, 0.05) is 62.3 Å². The second-order valence-electron chi connectivity index (χ2n) is 11.0. The Morgan fingerprint density at radius 2 is 2.06 bits per heavy atom. The number of anilines is 1. The number of nitrogens with one attached hydrogen (secondary N) is 1. The molecule has 1 N–H and O–H groups in total. The zero-order chi connectivity index (χ0) is 23.1. The summed E-state index contributed by atoms with van der Waals surface area (Å²) in [4.78, 5) is 13.4. The van der Waals surface area contributed by atoms with Gasteiger partial charge in [0.1, 0.15) is 17.4 Å². The smallest absolute Gasteiger partial charge is 0.144 e. The molecule has 2 fully saturated rings. The first kappa shape index (κ1) is 23.0. The minimum Gasteiger partial charge on any atom is -0.369 e. The topological polar surface area (TPSA) is 55.2 Å². The van der Waals surface area contributed by atoms with Crippen molar-refractivity contribution in [3.63, 3.8) is 0 Å². The molecule has 1 spiro atoms. The molecule has 0 bridgehead atoms. The lowest BCUT2D eigenvalue weighted by atomic mass is 9.87. The summed E-state index contributed by atoms with van der Waals surface area (Å²) in [6.45, 7) is 14.0. The molecule has 0 amide bonds. The number of hydrogen-bond acceptors (Lipinski definition) is 6. The second-order valence-corrected chi connectivity index (χ2v) is 17.9. The fourth-order valence-corrected chi connectivity index (χ4v) is 6.83. The third kappa shape index (κ3) is 4.89. The van der Waals surface area contributed by atoms with Crippen molar-refractivity contribution in [1.82, 2.24) is 19.9 Å². The van der Waals surface area contributed by atoms with Gasteiger partial charge in [-0.25, -0.2) is 9.97 Å². The van der Waals surface area contributed by atoms with E-state index in [1.54, 1.807) is 11.3 Å². The van der Waals surface area contributed by atoms with E-state index in [9.17, 15) is 0 Å². The van der Waals surface area contributed by atoms with Crippen LogP contribution in [0.5, 0.6) is 0 Å². The maximum Gasteiger partial charge on any atom is 0.144 e. The van der Waals surface area contributed by atoms with E-state index in [-0.39, 0.29) is 5.54 Å². The van der Waals surface area contributed by atoms with Crippen molar-refractivity contribution >= 4 is 36.1 Å². The number of pyridine rings is 1. The Labute approximate surface area is 202 Å². The molecule has 3 aromatic rings. The van der Waals surface area contributed by atoms with E-state index in [1.165, 1.54) is 53.2 Å². The first-order chi connectivity index (χ1) is 15.8. The van der Waals surface area contributed by atoms with Crippen LogP contribution in [0.1, 0.15) is 30.6 Å². The number of rotatable bonds is 7. The van der Waals surface area contributed by atoms with E-state index in [2.05, 4.69) is 53.6 Å². The molecular weight excluding hydrogens is 446 g/mol. The summed E-state index contributed by atoms with van der Waals surface area (Å²) in [5.74, 6) is 0. The Morgan fingerprint density at radius 3 is 2.79 bits per heavy atom. The molecule has 1 unspecified atom stereocenters. The number of piperidine rings is 1. The Hall–Kier alpha value is -1.74. The van der Waals surface area contributed by atoms with E-state index in [0.717, 1.165) is 36.9 Å². The van der Waals surface area contributed by atoms with Crippen LogP contribution in [-0.4, -0.2) is 54.4 Å². The van der Waals surface area contributed by atoms with Gasteiger partial charge < -0.3 is 19.5 Å². The van der Waals surface area contributed by atoms with Crippen molar-refractivity contribution in [3.05, 3.63) is 29.5 Å². The van der Waals surface area contributed by atoms with Gasteiger partial charge in [0.05, 0.1) is 11.1 Å². The summed E-state index contributed by atoms with van der Waals surface area (Å²) in [7, 11) is -1.11. The predicted octanol–water partition coefficient (Wildman–Crippen LogP) is 5.50. The third-order valence-corrected chi connectivity index (χ3v) is 9.71. The lowest BCUT2D eigenvalue weighted by Crippen LogP contribution is -2.54. The average Bonchev–Trinajstić information content (AvgIpc) is 3.50. The van der Waals surface area contributed by atoms with Crippen LogP contribution >= 0.6 is 11.3 Å². The SMILES string of the molecule is Cc1cnc(-c2cn(COCC[Si](C)(C)C)c3nccc(N4CCCC5(CCCN5)C4)c23)s1. The van der Waals surface area contributed by atoms with E-state index < -0.39 is 8.07 Å². The Bertz CT molecular complexity index is 1110. The molecular formula is C25H37N5OSSi. The molecule has 1 atom stereocenters. The van der Waals surface area contributed by atoms with Crippen LogP contribution in [0.25, 0.3) is 21.6 Å². The molecule has 0 radical (unpaired) electrons. The zero-order valence-corrected chi connectivity index (χ0v) is 22.3. The number of fused-ring (bicyclic) bond motifs is 1. The minimum atomic E-state index is -1.11. The molecule has 5 rings (SSSR count). The third-order valence-electron chi connectivity index (χ3n) is 7.06. The van der Waals surface area contributed by atoms with E-state index in [4.69, 9.17) is 14.7 Å². The number of ether oxygens (including phenoxy) is 1. The summed E-state index contributed by atoms with van der Waals surface area (Å²) in [6, 6.07) is 3.38. The Morgan fingerprint density at radius 1 is 1.21 bits per heavy atom. The highest BCUT2D eigenvalue weighted by molar-refractivity contribution is 7.15. The summed E-state index contributed by atoms with van der Waals surface area (Å²) in [6.07, 6.45) is 11.2. The van der Waals surface area contributed by atoms with Gasteiger partial charge in [-0.15, -0.1) is 11.3 Å². The van der Waals surface area contributed by atoms with E-state index >= 15 is 0 Å². The maximum absolute atomic E-state index is 6.14. The fourth-order valence-electron chi connectivity index (χ4n) is 5.30. The van der Waals surface area contributed by atoms with Crippen molar-refractivity contribution < 1.29 is 4.74 Å². The van der Waals surface area contributed by atoms with Crippen LogP contribution in [0, 0.1) is 6.92 Å². The Balaban J connectivity index is 1.51. The van der Waals surface area contributed by atoms with Gasteiger partial charge in [-0.1, -0.05) is 19.6 Å². The van der Waals surface area contributed by atoms with Crippen LogP contribution in [0.4, 0.5) is 5.69 Å². The van der Waals surface area contributed by atoms with E-state index in [0.29, 0.717) is 6.73 Å². The first-order valence-electron chi connectivity index (χ1n) is 12.3. The molecule has 0 saturated carbocycles. The molecule has 0 aromatic carbocycles. The summed E-state index contributed by atoms with van der Waals surface area (Å²) in [5, 5.41) is 6.12. The second kappa shape index (κ2) is 9.13. The predicted molar refractivity (Wildman–Crippen MR) is 141 cm³/mol. The first-order valence-corrected chi connectivity index (χ1v) is 16.8. The van der Waals surface area contributed by atoms with Crippen LogP contribution in [-0.2, 0) is 11.5 Å². The number of aromatic nitrogens is 3. The molecule has 2 aliphatic heterocycles. The lowest BCUT2D eigenvalue weighted by molar-refractivity contribution is 0.0899. The normalized spacial score (nSPS) is 21.5. The monoisotopic (exact) mass is 483 g/mol. The minimum absolute atomic E-state index is 0.272. The number of aryl methyl sites for hydroxylation is 1. The summed E-state index contributed by atoms with van der Waals surface area (Å²) >= 11 is 1.76. The van der Waals surface area contributed by atoms with Crippen LogP contribution in [0.2, 0.25) is 25.7 Å². The Kier molecular flexibility index (Phi) is 6.37. The highest BCUT2D eigenvalue weighted by atomic mass is 32.1. The largest absolute Gasteiger partial charge is 0.369 e. The van der Waals surface area contributed by atoms with Gasteiger partial charge in [-0.2, -0.15) is 0 Å². The van der Waals surface area contributed by atoms with Crippen molar-refractivity contribution in [1.29, 1.82) is 0 Å². The zero-order valence-electron chi connectivity index (χ0n) is 20.5. The fraction of sp³-hybridized carbons (Fsp3) is 0.600. The highest BCUT2D eigenvalue weighted by Gasteiger charge is 2.38. The molecule has 0 aliphatic carbocycles. The van der Waals surface area contributed by atoms with Gasteiger partial charge in [0.25, 0.3) is 0 Å². The molecule has 3 aromatic heterocycles. The quantitative estimate of drug-likeness (QED) is 0.355. The number of thiazole rings is 1. The van der Waals surface area contributed by atoms with Crippen molar-refractivity contribution in [2.75, 3.05) is 31.1 Å². The van der Waals surface area contributed by atoms with Gasteiger partial charge >= 0.3 is 0 Å². The molecule has 178 valence electrons. The summed E-state index contributed by atoms with van der Waals surface area (Å²) in [5.41, 5.74) is 3.74. The molecule has 5 heterocycles. The molecule has 2 aliphatic rings. The lowest BCUT2D eigenvalue weighted by Gasteiger charge is -2.42. The van der Waals surface area contributed by atoms with E-state index in [1.807, 2.05) is 12.4 Å². The number of hydrogen-bond donors (Lipinski definition) is 1. The standard InChI is InChI=1S/C25H37N5OSSi/c1-19-15-27-24(32-19)20-16-30(18-31-13-14-33(2,3)4)23-22(20)21(7-11-26-23)29-12-6-9-25(17-29)8-5-10-28-25/h7,11,15-16,28H,5-6,8-10,12-14,17-18H2,1-4H3. The van der Waals surface area contributed by atoms with Gasteiger partial charge in [0.2, 0.25) is 0 Å². The molecule has 6 nitrogen and oxygen atoms in total. The van der Waals surface area contributed by atoms with Crippen molar-refractivity contribution in [2.24, 2.45) is 0 Å². The average molecular weight is 484 g/mol. The van der Waals surface area contributed by atoms with Gasteiger partial charge in [-0.3, -0.25) is 0 Å². The molecule has 2 saturated heterocycles. The van der Waals surface area contributed by atoms with Gasteiger partial charge in [-0.05, 0) is 51.3 Å². The highest BCUT2D eigenvalue weighted by Crippen LogP contribution is 2.40. The maximum atomic E-state index is 6.14. The van der Waals surface area contributed by atoms with Crippen LogP contribution < -0.4 is 10.2 Å². The van der Waals surface area contributed by atoms with Gasteiger partial charge in [0.15, 0.2) is 0 Å². The molecule has 33 heavy (non-hydrogen) atoms. The summed E-state index contributed by atoms with van der Waals surface area (Å²) < 4.78 is 8.32.